The number of amides is 6. The van der Waals surface area contributed by atoms with Gasteiger partial charge < -0.3 is 20.1 Å². The standard InChI is InChI=1S/C20H26N4O6/c1-19(2,3)22-17(27)21-15(25)11-24-16(26)20(4,23-18(24)28)12-6-7-13-14(10-12)30-9-5-8-29-13/h6-7,10H,5,8-9,11H2,1-4H3,(H,23,28)(H2,21,22,25,27). The number of benzene rings is 1. The molecule has 10 nitrogen and oxygen atoms in total. The molecule has 0 spiro atoms. The van der Waals surface area contributed by atoms with Gasteiger partial charge in [0.15, 0.2) is 11.5 Å². The van der Waals surface area contributed by atoms with Crippen LogP contribution in [0, 0.1) is 0 Å². The van der Waals surface area contributed by atoms with Crippen LogP contribution in [-0.2, 0) is 15.1 Å². The van der Waals surface area contributed by atoms with Gasteiger partial charge in [0, 0.05) is 12.0 Å². The van der Waals surface area contributed by atoms with E-state index in [2.05, 4.69) is 16.0 Å². The molecule has 1 aromatic carbocycles. The van der Waals surface area contributed by atoms with E-state index in [-0.39, 0.29) is 0 Å². The molecule has 0 bridgehead atoms. The van der Waals surface area contributed by atoms with Crippen molar-refractivity contribution in [3.63, 3.8) is 0 Å². The number of carbonyl (C=O) groups excluding carboxylic acids is 4. The molecule has 3 N–H and O–H groups in total. The topological polar surface area (TPSA) is 126 Å². The van der Waals surface area contributed by atoms with Crippen molar-refractivity contribution in [2.45, 2.75) is 45.2 Å². The molecular weight excluding hydrogens is 392 g/mol. The molecule has 1 aromatic rings. The molecule has 30 heavy (non-hydrogen) atoms. The van der Waals surface area contributed by atoms with Gasteiger partial charge in [0.1, 0.15) is 12.1 Å². The van der Waals surface area contributed by atoms with E-state index in [1.54, 1.807) is 45.9 Å². The number of hydrogen-bond acceptors (Lipinski definition) is 6. The third-order valence-electron chi connectivity index (χ3n) is 4.64. The number of carbonyl (C=O) groups is 4. The molecule has 1 fully saturated rings. The van der Waals surface area contributed by atoms with E-state index in [1.807, 2.05) is 0 Å². The summed E-state index contributed by atoms with van der Waals surface area (Å²) in [4.78, 5) is 50.2. The summed E-state index contributed by atoms with van der Waals surface area (Å²) in [5.41, 5.74) is -1.42. The van der Waals surface area contributed by atoms with E-state index >= 15 is 0 Å². The van der Waals surface area contributed by atoms with E-state index in [9.17, 15) is 19.2 Å². The first-order chi connectivity index (χ1) is 14.0. The van der Waals surface area contributed by atoms with Gasteiger partial charge in [0.2, 0.25) is 5.91 Å². The zero-order chi connectivity index (χ0) is 22.1. The van der Waals surface area contributed by atoms with E-state index < -0.39 is 41.5 Å². The lowest BCUT2D eigenvalue weighted by Gasteiger charge is -2.23. The minimum absolute atomic E-state index is 0.483. The van der Waals surface area contributed by atoms with Crippen molar-refractivity contribution < 1.29 is 28.7 Å². The summed E-state index contributed by atoms with van der Waals surface area (Å²) in [6, 6.07) is 3.59. The number of urea groups is 2. The van der Waals surface area contributed by atoms with Gasteiger partial charge in [-0.25, -0.2) is 9.59 Å². The van der Waals surface area contributed by atoms with Gasteiger partial charge in [-0.05, 0) is 45.4 Å². The molecule has 1 atom stereocenters. The number of nitrogens with one attached hydrogen (secondary N) is 3. The summed E-state index contributed by atoms with van der Waals surface area (Å²) in [5.74, 6) is -0.322. The zero-order valence-electron chi connectivity index (χ0n) is 17.5. The molecule has 0 radical (unpaired) electrons. The summed E-state index contributed by atoms with van der Waals surface area (Å²) in [5, 5.41) is 7.32. The summed E-state index contributed by atoms with van der Waals surface area (Å²) < 4.78 is 11.3. The Kier molecular flexibility index (Phi) is 5.60. The summed E-state index contributed by atoms with van der Waals surface area (Å²) in [6.07, 6.45) is 0.739. The fraction of sp³-hybridized carbons (Fsp3) is 0.500. The molecule has 2 aliphatic rings. The van der Waals surface area contributed by atoms with Crippen LogP contribution in [0.2, 0.25) is 0 Å². The van der Waals surface area contributed by atoms with E-state index in [4.69, 9.17) is 9.47 Å². The van der Waals surface area contributed by atoms with E-state index in [1.165, 1.54) is 0 Å². The van der Waals surface area contributed by atoms with Gasteiger partial charge in [-0.3, -0.25) is 19.8 Å². The first kappa shape index (κ1) is 21.4. The van der Waals surface area contributed by atoms with Crippen molar-refractivity contribution >= 4 is 23.9 Å². The first-order valence-corrected chi connectivity index (χ1v) is 9.66. The quantitative estimate of drug-likeness (QED) is 0.634. The van der Waals surface area contributed by atoms with Crippen molar-refractivity contribution in [2.24, 2.45) is 0 Å². The highest BCUT2D eigenvalue weighted by Crippen LogP contribution is 2.36. The average molecular weight is 418 g/mol. The lowest BCUT2D eigenvalue weighted by atomic mass is 9.91. The van der Waals surface area contributed by atoms with Crippen molar-refractivity contribution in [1.82, 2.24) is 20.9 Å². The second-order valence-corrected chi connectivity index (χ2v) is 8.41. The van der Waals surface area contributed by atoms with Crippen LogP contribution in [0.3, 0.4) is 0 Å². The second kappa shape index (κ2) is 7.85. The number of nitrogens with zero attached hydrogens (tertiary/aromatic N) is 1. The Morgan fingerprint density at radius 3 is 2.50 bits per heavy atom. The van der Waals surface area contributed by atoms with E-state index in [0.717, 1.165) is 11.3 Å². The van der Waals surface area contributed by atoms with Gasteiger partial charge in [-0.2, -0.15) is 0 Å². The van der Waals surface area contributed by atoms with Gasteiger partial charge in [0.25, 0.3) is 5.91 Å². The van der Waals surface area contributed by atoms with Gasteiger partial charge >= 0.3 is 12.1 Å². The summed E-state index contributed by atoms with van der Waals surface area (Å²) in [6.45, 7) is 7.26. The maximum absolute atomic E-state index is 13.0. The fourth-order valence-electron chi connectivity index (χ4n) is 3.19. The predicted molar refractivity (Wildman–Crippen MR) is 106 cm³/mol. The van der Waals surface area contributed by atoms with Crippen LogP contribution in [0.1, 0.15) is 39.7 Å². The maximum atomic E-state index is 13.0. The third kappa shape index (κ3) is 4.47. The smallest absolute Gasteiger partial charge is 0.325 e. The third-order valence-corrected chi connectivity index (χ3v) is 4.64. The Morgan fingerprint density at radius 2 is 1.83 bits per heavy atom. The molecule has 6 amide bonds. The molecule has 2 heterocycles. The lowest BCUT2D eigenvalue weighted by Crippen LogP contribution is -2.51. The van der Waals surface area contributed by atoms with Crippen molar-refractivity contribution in [2.75, 3.05) is 19.8 Å². The molecule has 10 heteroatoms. The van der Waals surface area contributed by atoms with E-state index in [0.29, 0.717) is 30.3 Å². The van der Waals surface area contributed by atoms with Crippen LogP contribution in [0.4, 0.5) is 9.59 Å². The highest BCUT2D eigenvalue weighted by molar-refractivity contribution is 6.10. The Labute approximate surface area is 174 Å². The normalized spacial score (nSPS) is 21.0. The van der Waals surface area contributed by atoms with Crippen molar-refractivity contribution in [1.29, 1.82) is 0 Å². The number of fused-ring (bicyclic) bond motifs is 1. The van der Waals surface area contributed by atoms with Crippen molar-refractivity contribution in [3.8, 4) is 11.5 Å². The highest BCUT2D eigenvalue weighted by Gasteiger charge is 2.49. The van der Waals surface area contributed by atoms with Crippen LogP contribution < -0.4 is 25.4 Å². The van der Waals surface area contributed by atoms with Crippen LogP contribution in [0.15, 0.2) is 18.2 Å². The van der Waals surface area contributed by atoms with Gasteiger partial charge in [-0.1, -0.05) is 6.07 Å². The molecule has 3 rings (SSSR count). The minimum Gasteiger partial charge on any atom is -0.490 e. The van der Waals surface area contributed by atoms with Crippen LogP contribution in [0.25, 0.3) is 0 Å². The van der Waals surface area contributed by atoms with Crippen LogP contribution in [-0.4, -0.2) is 54.1 Å². The number of imide groups is 2. The molecule has 1 unspecified atom stereocenters. The first-order valence-electron chi connectivity index (χ1n) is 9.66. The highest BCUT2D eigenvalue weighted by atomic mass is 16.5. The lowest BCUT2D eigenvalue weighted by molar-refractivity contribution is -0.134. The molecule has 0 aromatic heterocycles. The van der Waals surface area contributed by atoms with Crippen LogP contribution in [0.5, 0.6) is 11.5 Å². The molecule has 1 saturated heterocycles. The predicted octanol–water partition coefficient (Wildman–Crippen LogP) is 1.24. The van der Waals surface area contributed by atoms with Crippen LogP contribution >= 0.6 is 0 Å². The fourth-order valence-corrected chi connectivity index (χ4v) is 3.19. The minimum atomic E-state index is -1.38. The Balaban J connectivity index is 1.73. The molecular formula is C20H26N4O6. The molecule has 0 saturated carbocycles. The SMILES string of the molecule is CC(C)(C)NC(=O)NC(=O)CN1C(=O)NC(C)(c2ccc3c(c2)OCCCO3)C1=O. The zero-order valence-corrected chi connectivity index (χ0v) is 17.5. The average Bonchev–Trinajstić information content (AvgIpc) is 2.81. The Morgan fingerprint density at radius 1 is 1.17 bits per heavy atom. The Hall–Kier alpha value is -3.30. The summed E-state index contributed by atoms with van der Waals surface area (Å²) in [7, 11) is 0. The van der Waals surface area contributed by atoms with Gasteiger partial charge in [0.05, 0.1) is 13.2 Å². The monoisotopic (exact) mass is 418 g/mol. The summed E-state index contributed by atoms with van der Waals surface area (Å²) >= 11 is 0. The molecule has 162 valence electrons. The molecule has 2 aliphatic heterocycles. The molecule has 0 aliphatic carbocycles. The second-order valence-electron chi connectivity index (χ2n) is 8.41. The number of ether oxygens (including phenoxy) is 2. The number of rotatable bonds is 3. The number of hydrogen-bond donors (Lipinski definition) is 3. The largest absolute Gasteiger partial charge is 0.490 e. The van der Waals surface area contributed by atoms with Gasteiger partial charge in [-0.15, -0.1) is 0 Å². The maximum Gasteiger partial charge on any atom is 0.325 e. The van der Waals surface area contributed by atoms with Crippen molar-refractivity contribution in [3.05, 3.63) is 23.8 Å². The Bertz CT molecular complexity index is 894.